The van der Waals surface area contributed by atoms with Crippen molar-refractivity contribution in [1.82, 2.24) is 0 Å². The lowest BCUT2D eigenvalue weighted by Crippen LogP contribution is -2.64. The second kappa shape index (κ2) is 1.42. The normalized spacial score (nSPS) is 66.0. The summed E-state index contributed by atoms with van der Waals surface area (Å²) >= 11 is 0. The van der Waals surface area contributed by atoms with Crippen LogP contribution in [0.2, 0.25) is 0 Å². The van der Waals surface area contributed by atoms with Gasteiger partial charge in [0.25, 0.3) is 0 Å². The quantitative estimate of drug-likeness (QED) is 0.544. The second-order valence-electron chi connectivity index (χ2n) is 4.56. The van der Waals surface area contributed by atoms with Gasteiger partial charge >= 0.3 is 0 Å². The first-order chi connectivity index (χ1) is 4.52. The highest BCUT2D eigenvalue weighted by atomic mass is 14.9. The van der Waals surface area contributed by atoms with Crippen molar-refractivity contribution in [2.45, 2.75) is 39.2 Å². The van der Waals surface area contributed by atoms with Crippen LogP contribution in [0.3, 0.4) is 0 Å². The number of fused-ring (bicyclic) bond motifs is 1. The van der Waals surface area contributed by atoms with Crippen molar-refractivity contribution < 1.29 is 0 Å². The molecule has 1 nitrogen and oxygen atoms in total. The van der Waals surface area contributed by atoms with Crippen molar-refractivity contribution >= 4 is 0 Å². The van der Waals surface area contributed by atoms with Crippen molar-refractivity contribution in [2.75, 3.05) is 0 Å². The summed E-state index contributed by atoms with van der Waals surface area (Å²) in [5, 5.41) is 0. The van der Waals surface area contributed by atoms with Crippen molar-refractivity contribution in [3.8, 4) is 0 Å². The van der Waals surface area contributed by atoms with E-state index in [2.05, 4.69) is 20.8 Å². The van der Waals surface area contributed by atoms with Crippen molar-refractivity contribution in [2.24, 2.45) is 23.0 Å². The summed E-state index contributed by atoms with van der Waals surface area (Å²) in [6.45, 7) is 7.01. The smallest absolute Gasteiger partial charge is 0.0217 e. The van der Waals surface area contributed by atoms with Gasteiger partial charge in [0.1, 0.15) is 0 Å². The number of rotatable bonds is 0. The molecule has 0 aliphatic heterocycles. The van der Waals surface area contributed by atoms with Crippen LogP contribution in [0.15, 0.2) is 0 Å². The molecule has 0 spiro atoms. The largest absolute Gasteiger partial charge is 0.325 e. The maximum atomic E-state index is 6.22. The van der Waals surface area contributed by atoms with Gasteiger partial charge in [-0.2, -0.15) is 0 Å². The van der Waals surface area contributed by atoms with Gasteiger partial charge in [-0.3, -0.25) is 0 Å². The predicted molar refractivity (Wildman–Crippen MR) is 42.6 cm³/mol. The van der Waals surface area contributed by atoms with Gasteiger partial charge in [0.15, 0.2) is 0 Å². The van der Waals surface area contributed by atoms with Gasteiger partial charge in [0.2, 0.25) is 0 Å². The monoisotopic (exact) mass is 139 g/mol. The van der Waals surface area contributed by atoms with Gasteiger partial charge in [-0.1, -0.05) is 20.8 Å². The van der Waals surface area contributed by atoms with E-state index in [9.17, 15) is 0 Å². The summed E-state index contributed by atoms with van der Waals surface area (Å²) in [6, 6.07) is 0. The lowest BCUT2D eigenvalue weighted by molar-refractivity contribution is -0.0418. The number of hydrogen-bond donors (Lipinski definition) is 1. The van der Waals surface area contributed by atoms with Gasteiger partial charge in [0, 0.05) is 5.54 Å². The lowest BCUT2D eigenvalue weighted by Gasteiger charge is -2.57. The van der Waals surface area contributed by atoms with Crippen LogP contribution in [0, 0.1) is 17.3 Å². The number of nitrogens with two attached hydrogens (primary N) is 1. The minimum atomic E-state index is 0.217. The first-order valence-electron chi connectivity index (χ1n) is 4.31. The Labute approximate surface area is 63.0 Å². The van der Waals surface area contributed by atoms with E-state index in [1.807, 2.05) is 0 Å². The van der Waals surface area contributed by atoms with Crippen LogP contribution in [0.1, 0.15) is 33.6 Å². The summed E-state index contributed by atoms with van der Waals surface area (Å²) in [6.07, 6.45) is 2.61. The Morgan fingerprint density at radius 1 is 1.20 bits per heavy atom. The molecular weight excluding hydrogens is 122 g/mol. The molecule has 3 fully saturated rings. The topological polar surface area (TPSA) is 26.0 Å². The van der Waals surface area contributed by atoms with Gasteiger partial charge < -0.3 is 5.73 Å². The highest BCUT2D eigenvalue weighted by Crippen LogP contribution is 2.67. The van der Waals surface area contributed by atoms with Crippen LogP contribution >= 0.6 is 0 Å². The first-order valence-corrected chi connectivity index (χ1v) is 4.31. The lowest BCUT2D eigenvalue weighted by atomic mass is 9.51. The van der Waals surface area contributed by atoms with E-state index in [1.54, 1.807) is 0 Å². The summed E-state index contributed by atoms with van der Waals surface area (Å²) in [5.74, 6) is 1.52. The minimum Gasteiger partial charge on any atom is -0.325 e. The Morgan fingerprint density at radius 2 is 1.70 bits per heavy atom. The third-order valence-corrected chi connectivity index (χ3v) is 4.69. The van der Waals surface area contributed by atoms with Crippen LogP contribution in [0.25, 0.3) is 0 Å². The average molecular weight is 139 g/mol. The summed E-state index contributed by atoms with van der Waals surface area (Å²) in [7, 11) is 0. The Kier molecular flexibility index (Phi) is 0.949. The summed E-state index contributed by atoms with van der Waals surface area (Å²) in [5.41, 5.74) is 7.03. The fraction of sp³-hybridized carbons (Fsp3) is 1.00. The highest BCUT2D eigenvalue weighted by molar-refractivity contribution is 5.21. The Morgan fingerprint density at radius 3 is 1.80 bits per heavy atom. The zero-order valence-electron chi connectivity index (χ0n) is 7.15. The second-order valence-corrected chi connectivity index (χ2v) is 4.56. The van der Waals surface area contributed by atoms with E-state index in [0.29, 0.717) is 5.41 Å². The van der Waals surface area contributed by atoms with E-state index in [4.69, 9.17) is 5.73 Å². The molecule has 2 N–H and O–H groups in total. The molecule has 0 aromatic rings. The fourth-order valence-corrected chi connectivity index (χ4v) is 3.23. The van der Waals surface area contributed by atoms with E-state index in [0.717, 1.165) is 11.8 Å². The first kappa shape index (κ1) is 6.66. The van der Waals surface area contributed by atoms with Crippen LogP contribution in [-0.4, -0.2) is 5.54 Å². The molecule has 1 unspecified atom stereocenters. The SMILES string of the molecule is C[C@@H]1C2(C)CC[C@]1(N)[C@H]2C. The maximum absolute atomic E-state index is 6.22. The Hall–Kier alpha value is -0.0400. The average Bonchev–Trinajstić information content (AvgIpc) is 2.28. The number of hydrogen-bond acceptors (Lipinski definition) is 1. The highest BCUT2D eigenvalue weighted by Gasteiger charge is 2.67. The Balaban J connectivity index is 2.34. The summed E-state index contributed by atoms with van der Waals surface area (Å²) in [4.78, 5) is 0. The zero-order valence-corrected chi connectivity index (χ0v) is 7.15. The van der Waals surface area contributed by atoms with E-state index in [-0.39, 0.29) is 5.54 Å². The maximum Gasteiger partial charge on any atom is 0.0217 e. The molecule has 4 atom stereocenters. The zero-order chi connectivity index (χ0) is 7.57. The molecule has 0 saturated heterocycles. The fourth-order valence-electron chi connectivity index (χ4n) is 3.23. The molecule has 3 aliphatic carbocycles. The molecule has 0 amide bonds. The predicted octanol–water partition coefficient (Wildman–Crippen LogP) is 1.77. The van der Waals surface area contributed by atoms with E-state index >= 15 is 0 Å². The van der Waals surface area contributed by atoms with Crippen molar-refractivity contribution in [1.29, 1.82) is 0 Å². The molecule has 0 heterocycles. The molecule has 0 aromatic heterocycles. The van der Waals surface area contributed by atoms with Gasteiger partial charge in [0.05, 0.1) is 0 Å². The van der Waals surface area contributed by atoms with E-state index < -0.39 is 0 Å². The van der Waals surface area contributed by atoms with Gasteiger partial charge in [-0.25, -0.2) is 0 Å². The van der Waals surface area contributed by atoms with Crippen LogP contribution in [-0.2, 0) is 0 Å². The van der Waals surface area contributed by atoms with Crippen LogP contribution in [0.5, 0.6) is 0 Å². The summed E-state index contributed by atoms with van der Waals surface area (Å²) < 4.78 is 0. The molecular formula is C9H17N. The minimum absolute atomic E-state index is 0.217. The third-order valence-electron chi connectivity index (χ3n) is 4.69. The van der Waals surface area contributed by atoms with Crippen LogP contribution in [0.4, 0.5) is 0 Å². The van der Waals surface area contributed by atoms with Crippen molar-refractivity contribution in [3.05, 3.63) is 0 Å². The molecule has 3 aliphatic rings. The van der Waals surface area contributed by atoms with Crippen LogP contribution < -0.4 is 5.73 Å². The van der Waals surface area contributed by atoms with Gasteiger partial charge in [-0.15, -0.1) is 0 Å². The van der Waals surface area contributed by atoms with Gasteiger partial charge in [-0.05, 0) is 30.1 Å². The standard InChI is InChI=1S/C9H17N/c1-6-8(3)4-5-9(6,10)7(8)2/h6-7H,4-5,10H2,1-3H3/t6-,7+,8?,9-. The molecule has 10 heavy (non-hydrogen) atoms. The molecule has 0 aromatic carbocycles. The molecule has 0 radical (unpaired) electrons. The molecule has 1 heteroatoms. The Bertz CT molecular complexity index is 146. The molecule has 3 rings (SSSR count). The van der Waals surface area contributed by atoms with Crippen molar-refractivity contribution in [3.63, 3.8) is 0 Å². The molecule has 58 valence electrons. The molecule has 3 saturated carbocycles. The third kappa shape index (κ3) is 0.402. The van der Waals surface area contributed by atoms with E-state index in [1.165, 1.54) is 12.8 Å². The molecule has 2 bridgehead atoms.